The SMILES string of the molecule is CC1(C)CCC(C)(C)c2c(-c3ccc(-c4cc5c(cc4N(c4ccccc4)c4ccc(-c6ccccc6)cc4)C4(c6ccccc6-c6ccccc64)c4ccccc4-5)cc3)cccc21. The molecule has 0 aliphatic heterocycles. The molecular formula is C63H51N. The van der Waals surface area contributed by atoms with E-state index >= 15 is 0 Å². The van der Waals surface area contributed by atoms with Gasteiger partial charge in [0, 0.05) is 16.9 Å². The molecule has 308 valence electrons. The van der Waals surface area contributed by atoms with E-state index in [1.807, 2.05) is 0 Å². The van der Waals surface area contributed by atoms with Gasteiger partial charge in [-0.2, -0.15) is 0 Å². The lowest BCUT2D eigenvalue weighted by atomic mass is 9.61. The van der Waals surface area contributed by atoms with Crippen molar-refractivity contribution in [3.63, 3.8) is 0 Å². The molecule has 3 aliphatic carbocycles. The molecule has 0 fully saturated rings. The summed E-state index contributed by atoms with van der Waals surface area (Å²) >= 11 is 0. The van der Waals surface area contributed by atoms with E-state index < -0.39 is 5.41 Å². The second-order valence-corrected chi connectivity index (χ2v) is 19.5. The predicted octanol–water partition coefficient (Wildman–Crippen LogP) is 16.8. The van der Waals surface area contributed by atoms with Crippen molar-refractivity contribution in [2.45, 2.75) is 56.8 Å². The van der Waals surface area contributed by atoms with Crippen molar-refractivity contribution in [1.29, 1.82) is 0 Å². The fourth-order valence-electron chi connectivity index (χ4n) is 11.8. The average Bonchev–Trinajstić information content (AvgIpc) is 3.80. The first-order valence-corrected chi connectivity index (χ1v) is 23.0. The van der Waals surface area contributed by atoms with Crippen LogP contribution < -0.4 is 4.90 Å². The molecule has 1 heteroatoms. The third-order valence-corrected chi connectivity index (χ3v) is 15.0. The zero-order chi connectivity index (χ0) is 43.2. The molecular weight excluding hydrogens is 771 g/mol. The van der Waals surface area contributed by atoms with Crippen molar-refractivity contribution < 1.29 is 0 Å². The van der Waals surface area contributed by atoms with Gasteiger partial charge in [-0.25, -0.2) is 0 Å². The van der Waals surface area contributed by atoms with Crippen LogP contribution in [0.1, 0.15) is 73.9 Å². The molecule has 0 bridgehead atoms. The Labute approximate surface area is 378 Å². The van der Waals surface area contributed by atoms with Gasteiger partial charge in [-0.3, -0.25) is 0 Å². The van der Waals surface area contributed by atoms with Crippen molar-refractivity contribution in [2.24, 2.45) is 0 Å². The lowest BCUT2D eigenvalue weighted by Crippen LogP contribution is -2.34. The summed E-state index contributed by atoms with van der Waals surface area (Å²) in [5, 5.41) is 0. The van der Waals surface area contributed by atoms with E-state index in [2.05, 4.69) is 245 Å². The van der Waals surface area contributed by atoms with Gasteiger partial charge in [0.05, 0.1) is 11.1 Å². The summed E-state index contributed by atoms with van der Waals surface area (Å²) in [6.07, 6.45) is 2.38. The van der Waals surface area contributed by atoms with Crippen LogP contribution in [0.4, 0.5) is 17.1 Å². The zero-order valence-electron chi connectivity index (χ0n) is 37.1. The largest absolute Gasteiger partial charge is 0.310 e. The van der Waals surface area contributed by atoms with Crippen LogP contribution in [0.15, 0.2) is 212 Å². The molecule has 0 saturated carbocycles. The molecule has 0 unspecified atom stereocenters. The van der Waals surface area contributed by atoms with E-state index in [9.17, 15) is 0 Å². The van der Waals surface area contributed by atoms with E-state index in [0.29, 0.717) is 0 Å². The Kier molecular flexibility index (Phi) is 8.66. The second-order valence-electron chi connectivity index (χ2n) is 19.5. The first kappa shape index (κ1) is 38.5. The van der Waals surface area contributed by atoms with E-state index in [0.717, 1.165) is 17.1 Å². The fourth-order valence-corrected chi connectivity index (χ4v) is 11.8. The van der Waals surface area contributed by atoms with Gasteiger partial charge in [-0.05, 0) is 144 Å². The summed E-state index contributed by atoms with van der Waals surface area (Å²) in [6.45, 7) is 9.71. The van der Waals surface area contributed by atoms with Crippen LogP contribution >= 0.6 is 0 Å². The Bertz CT molecular complexity index is 3200. The molecule has 9 aromatic rings. The van der Waals surface area contributed by atoms with Gasteiger partial charge in [0.2, 0.25) is 0 Å². The van der Waals surface area contributed by atoms with Gasteiger partial charge in [-0.1, -0.05) is 204 Å². The van der Waals surface area contributed by atoms with Crippen molar-refractivity contribution in [1.82, 2.24) is 0 Å². The molecule has 0 radical (unpaired) electrons. The highest BCUT2D eigenvalue weighted by atomic mass is 15.1. The van der Waals surface area contributed by atoms with Crippen LogP contribution in [-0.2, 0) is 16.2 Å². The maximum atomic E-state index is 2.55. The standard InChI is InChI=1S/C63H51N/c1-61(2)38-39-62(3,4)60-48(25-17-29-57(60)61)44-30-32-45(33-31-44)52-40-53-51-24-13-16-28-56(51)63(54-26-14-11-22-49(54)50-23-12-15-27-55(50)63)58(53)41-59(52)64(46-20-9-6-10-21-46)47-36-34-43(35-37-47)42-18-7-5-8-19-42/h5-37,40-41H,38-39H2,1-4H3. The minimum atomic E-state index is -0.469. The van der Waals surface area contributed by atoms with E-state index in [1.165, 1.54) is 102 Å². The predicted molar refractivity (Wildman–Crippen MR) is 269 cm³/mol. The van der Waals surface area contributed by atoms with Gasteiger partial charge in [0.25, 0.3) is 0 Å². The topological polar surface area (TPSA) is 3.24 Å². The van der Waals surface area contributed by atoms with Gasteiger partial charge in [0.1, 0.15) is 0 Å². The summed E-state index contributed by atoms with van der Waals surface area (Å²) in [4.78, 5) is 2.49. The maximum absolute atomic E-state index is 2.55. The molecule has 0 amide bonds. The number of anilines is 3. The number of nitrogens with zero attached hydrogens (tertiary/aromatic N) is 1. The molecule has 0 heterocycles. The average molecular weight is 822 g/mol. The summed E-state index contributed by atoms with van der Waals surface area (Å²) in [5.74, 6) is 0. The number of benzene rings is 9. The number of rotatable bonds is 6. The maximum Gasteiger partial charge on any atom is 0.0726 e. The molecule has 3 aliphatic rings. The Morgan fingerprint density at radius 2 is 0.750 bits per heavy atom. The quantitative estimate of drug-likeness (QED) is 0.161. The molecule has 0 N–H and O–H groups in total. The molecule has 0 aromatic heterocycles. The molecule has 12 rings (SSSR count). The lowest BCUT2D eigenvalue weighted by molar-refractivity contribution is 0.333. The van der Waals surface area contributed by atoms with E-state index in [1.54, 1.807) is 0 Å². The first-order chi connectivity index (χ1) is 31.2. The number of para-hydroxylation sites is 1. The molecule has 1 spiro atoms. The fraction of sp³-hybridized carbons (Fsp3) is 0.143. The highest BCUT2D eigenvalue weighted by molar-refractivity contribution is 6.00. The van der Waals surface area contributed by atoms with E-state index in [4.69, 9.17) is 0 Å². The highest BCUT2D eigenvalue weighted by Crippen LogP contribution is 2.64. The van der Waals surface area contributed by atoms with Crippen molar-refractivity contribution in [3.05, 3.63) is 246 Å². The Morgan fingerprint density at radius 3 is 1.36 bits per heavy atom. The monoisotopic (exact) mass is 821 g/mol. The van der Waals surface area contributed by atoms with Crippen LogP contribution in [0.25, 0.3) is 55.6 Å². The Balaban J connectivity index is 1.12. The molecule has 0 saturated heterocycles. The first-order valence-electron chi connectivity index (χ1n) is 23.0. The third-order valence-electron chi connectivity index (χ3n) is 15.0. The third kappa shape index (κ3) is 5.70. The normalized spacial score (nSPS) is 15.4. The van der Waals surface area contributed by atoms with Crippen LogP contribution in [0.3, 0.4) is 0 Å². The Morgan fingerprint density at radius 1 is 0.312 bits per heavy atom. The van der Waals surface area contributed by atoms with E-state index in [-0.39, 0.29) is 10.8 Å². The summed E-state index contributed by atoms with van der Waals surface area (Å²) in [7, 11) is 0. The van der Waals surface area contributed by atoms with Gasteiger partial charge < -0.3 is 4.90 Å². The second kappa shape index (κ2) is 14.4. The number of hydrogen-bond acceptors (Lipinski definition) is 1. The van der Waals surface area contributed by atoms with Gasteiger partial charge >= 0.3 is 0 Å². The van der Waals surface area contributed by atoms with Crippen LogP contribution in [0.5, 0.6) is 0 Å². The number of fused-ring (bicyclic) bond motifs is 11. The van der Waals surface area contributed by atoms with Crippen molar-refractivity contribution in [3.8, 4) is 55.6 Å². The molecule has 0 atom stereocenters. The van der Waals surface area contributed by atoms with Crippen LogP contribution in [-0.4, -0.2) is 0 Å². The van der Waals surface area contributed by atoms with Gasteiger partial charge in [0.15, 0.2) is 0 Å². The highest BCUT2D eigenvalue weighted by Gasteiger charge is 2.52. The smallest absolute Gasteiger partial charge is 0.0726 e. The molecule has 9 aromatic carbocycles. The summed E-state index contributed by atoms with van der Waals surface area (Å²) < 4.78 is 0. The molecule has 64 heavy (non-hydrogen) atoms. The number of hydrogen-bond donors (Lipinski definition) is 0. The zero-order valence-corrected chi connectivity index (χ0v) is 37.1. The minimum absolute atomic E-state index is 0.0976. The minimum Gasteiger partial charge on any atom is -0.310 e. The summed E-state index contributed by atoms with van der Waals surface area (Å²) in [6, 6.07) is 79.7. The van der Waals surface area contributed by atoms with Crippen molar-refractivity contribution >= 4 is 17.1 Å². The lowest BCUT2D eigenvalue weighted by Gasteiger charge is -2.43. The van der Waals surface area contributed by atoms with Crippen molar-refractivity contribution in [2.75, 3.05) is 4.90 Å². The molecule has 1 nitrogen and oxygen atoms in total. The summed E-state index contributed by atoms with van der Waals surface area (Å²) in [5.41, 5.74) is 24.2. The van der Waals surface area contributed by atoms with Gasteiger partial charge in [-0.15, -0.1) is 0 Å². The Hall–Kier alpha value is -7.22. The van der Waals surface area contributed by atoms with Crippen LogP contribution in [0.2, 0.25) is 0 Å². The van der Waals surface area contributed by atoms with Crippen LogP contribution in [0, 0.1) is 0 Å².